The van der Waals surface area contributed by atoms with Crippen molar-refractivity contribution in [1.29, 1.82) is 0 Å². The van der Waals surface area contributed by atoms with Gasteiger partial charge in [0.15, 0.2) is 0 Å². The van der Waals surface area contributed by atoms with Crippen molar-refractivity contribution in [3.8, 4) is 0 Å². The predicted octanol–water partition coefficient (Wildman–Crippen LogP) is 0.420. The topological polar surface area (TPSA) is 49.6 Å². The molecule has 1 saturated carbocycles. The Balaban J connectivity index is 1.72. The van der Waals surface area contributed by atoms with Crippen molar-refractivity contribution in [3.05, 3.63) is 0 Å². The second kappa shape index (κ2) is 5.15. The van der Waals surface area contributed by atoms with Crippen LogP contribution in [0.2, 0.25) is 0 Å². The molecule has 16 heavy (non-hydrogen) atoms. The van der Waals surface area contributed by atoms with E-state index < -0.39 is 0 Å². The quantitative estimate of drug-likeness (QED) is 0.754. The number of amides is 1. The van der Waals surface area contributed by atoms with Crippen molar-refractivity contribution < 1.29 is 4.79 Å². The second-order valence-corrected chi connectivity index (χ2v) is 5.22. The van der Waals surface area contributed by atoms with Crippen LogP contribution in [0.3, 0.4) is 0 Å². The summed E-state index contributed by atoms with van der Waals surface area (Å²) in [4.78, 5) is 15.9. The molecule has 0 bridgehead atoms. The summed E-state index contributed by atoms with van der Waals surface area (Å²) in [5.41, 5.74) is 5.77. The number of carbonyl (C=O) groups is 1. The molecule has 2 N–H and O–H groups in total. The highest BCUT2D eigenvalue weighted by Gasteiger charge is 2.27. The molecule has 0 radical (unpaired) electrons. The molecule has 1 saturated heterocycles. The lowest BCUT2D eigenvalue weighted by Crippen LogP contribution is -2.38. The minimum Gasteiger partial charge on any atom is -0.340 e. The van der Waals surface area contributed by atoms with Crippen LogP contribution < -0.4 is 5.73 Å². The average molecular weight is 225 g/mol. The molecule has 92 valence electrons. The van der Waals surface area contributed by atoms with Crippen LogP contribution in [0.1, 0.15) is 32.1 Å². The van der Waals surface area contributed by atoms with E-state index in [9.17, 15) is 4.79 Å². The first kappa shape index (κ1) is 11.9. The Morgan fingerprint density at radius 3 is 2.69 bits per heavy atom. The van der Waals surface area contributed by atoms with Gasteiger partial charge in [-0.05, 0) is 19.9 Å². The second-order valence-electron chi connectivity index (χ2n) is 5.22. The van der Waals surface area contributed by atoms with E-state index in [0.717, 1.165) is 25.7 Å². The first-order valence-electron chi connectivity index (χ1n) is 6.40. The molecular formula is C12H23N3O. The zero-order valence-corrected chi connectivity index (χ0v) is 10.2. The van der Waals surface area contributed by atoms with Gasteiger partial charge in [0.25, 0.3) is 0 Å². The molecule has 1 atom stereocenters. The summed E-state index contributed by atoms with van der Waals surface area (Å²) in [6.07, 6.45) is 5.91. The van der Waals surface area contributed by atoms with Gasteiger partial charge in [0.2, 0.25) is 5.91 Å². The van der Waals surface area contributed by atoms with Crippen LogP contribution in [0.4, 0.5) is 0 Å². The summed E-state index contributed by atoms with van der Waals surface area (Å²) in [5.74, 6) is 0.229. The van der Waals surface area contributed by atoms with Crippen LogP contribution in [0.15, 0.2) is 0 Å². The maximum absolute atomic E-state index is 11.5. The van der Waals surface area contributed by atoms with E-state index in [2.05, 4.69) is 11.9 Å². The van der Waals surface area contributed by atoms with Crippen LogP contribution in [0.5, 0.6) is 0 Å². The molecule has 0 aromatic heterocycles. The SMILES string of the molecule is CN(CCN1CC(N)CC1=O)C1CCCC1. The summed E-state index contributed by atoms with van der Waals surface area (Å²) in [7, 11) is 2.18. The van der Waals surface area contributed by atoms with Gasteiger partial charge >= 0.3 is 0 Å². The first-order chi connectivity index (χ1) is 7.66. The highest BCUT2D eigenvalue weighted by molar-refractivity contribution is 5.79. The van der Waals surface area contributed by atoms with Crippen LogP contribution in [-0.2, 0) is 4.79 Å². The molecule has 1 aliphatic heterocycles. The van der Waals surface area contributed by atoms with Crippen molar-refractivity contribution in [2.45, 2.75) is 44.2 Å². The van der Waals surface area contributed by atoms with Crippen LogP contribution >= 0.6 is 0 Å². The van der Waals surface area contributed by atoms with Crippen molar-refractivity contribution in [3.63, 3.8) is 0 Å². The molecule has 0 spiro atoms. The maximum atomic E-state index is 11.5. The number of rotatable bonds is 4. The summed E-state index contributed by atoms with van der Waals surface area (Å²) in [6.45, 7) is 2.58. The predicted molar refractivity (Wildman–Crippen MR) is 64.1 cm³/mol. The number of hydrogen-bond donors (Lipinski definition) is 1. The lowest BCUT2D eigenvalue weighted by Gasteiger charge is -2.26. The molecule has 2 rings (SSSR count). The number of nitrogens with zero attached hydrogens (tertiary/aromatic N) is 2. The van der Waals surface area contributed by atoms with Crippen molar-refractivity contribution in [2.24, 2.45) is 5.73 Å². The van der Waals surface area contributed by atoms with Gasteiger partial charge in [-0.2, -0.15) is 0 Å². The molecule has 1 aliphatic carbocycles. The highest BCUT2D eigenvalue weighted by Crippen LogP contribution is 2.22. The van der Waals surface area contributed by atoms with Crippen LogP contribution in [0, 0.1) is 0 Å². The van der Waals surface area contributed by atoms with Gasteiger partial charge in [-0.3, -0.25) is 4.79 Å². The number of nitrogens with two attached hydrogens (primary N) is 1. The number of likely N-dealkylation sites (tertiary alicyclic amines) is 1. The first-order valence-corrected chi connectivity index (χ1v) is 6.40. The Hall–Kier alpha value is -0.610. The van der Waals surface area contributed by atoms with Crippen LogP contribution in [-0.4, -0.2) is 54.5 Å². The van der Waals surface area contributed by atoms with E-state index in [1.54, 1.807) is 0 Å². The molecule has 4 nitrogen and oxygen atoms in total. The number of likely N-dealkylation sites (N-methyl/N-ethyl adjacent to an activating group) is 1. The third-order valence-corrected chi connectivity index (χ3v) is 3.92. The van der Waals surface area contributed by atoms with Gasteiger partial charge in [0.1, 0.15) is 0 Å². The molecule has 1 unspecified atom stereocenters. The fourth-order valence-electron chi connectivity index (χ4n) is 2.82. The lowest BCUT2D eigenvalue weighted by atomic mass is 10.2. The van der Waals surface area contributed by atoms with E-state index in [0.29, 0.717) is 6.42 Å². The summed E-state index contributed by atoms with van der Waals surface area (Å²) < 4.78 is 0. The maximum Gasteiger partial charge on any atom is 0.224 e. The van der Waals surface area contributed by atoms with Gasteiger partial charge in [-0.1, -0.05) is 12.8 Å². The minimum absolute atomic E-state index is 0.0595. The van der Waals surface area contributed by atoms with Gasteiger partial charge in [-0.15, -0.1) is 0 Å². The average Bonchev–Trinajstić information content (AvgIpc) is 2.84. The Morgan fingerprint density at radius 2 is 2.12 bits per heavy atom. The fourth-order valence-corrected chi connectivity index (χ4v) is 2.82. The molecule has 1 heterocycles. The standard InChI is InChI=1S/C12H23N3O/c1-14(11-4-2-3-5-11)6-7-15-9-10(13)8-12(15)16/h10-11H,2-9,13H2,1H3. The van der Waals surface area contributed by atoms with Crippen molar-refractivity contribution in [2.75, 3.05) is 26.7 Å². The normalized spacial score (nSPS) is 27.3. The fraction of sp³-hybridized carbons (Fsp3) is 0.917. The van der Waals surface area contributed by atoms with Crippen molar-refractivity contribution >= 4 is 5.91 Å². The van der Waals surface area contributed by atoms with Crippen molar-refractivity contribution in [1.82, 2.24) is 9.80 Å². The molecule has 0 aromatic carbocycles. The van der Waals surface area contributed by atoms with Gasteiger partial charge in [0, 0.05) is 38.1 Å². The van der Waals surface area contributed by atoms with E-state index in [1.165, 1.54) is 25.7 Å². The highest BCUT2D eigenvalue weighted by atomic mass is 16.2. The smallest absolute Gasteiger partial charge is 0.224 e. The van der Waals surface area contributed by atoms with Gasteiger partial charge in [0.05, 0.1) is 0 Å². The minimum atomic E-state index is 0.0595. The molecule has 0 aromatic rings. The monoisotopic (exact) mass is 225 g/mol. The Labute approximate surface area is 97.8 Å². The van der Waals surface area contributed by atoms with E-state index >= 15 is 0 Å². The number of carbonyl (C=O) groups excluding carboxylic acids is 1. The molecule has 2 aliphatic rings. The Bertz CT molecular complexity index is 251. The summed E-state index contributed by atoms with van der Waals surface area (Å²) in [5, 5.41) is 0. The Morgan fingerprint density at radius 1 is 1.44 bits per heavy atom. The van der Waals surface area contributed by atoms with E-state index in [-0.39, 0.29) is 11.9 Å². The van der Waals surface area contributed by atoms with E-state index in [4.69, 9.17) is 5.73 Å². The van der Waals surface area contributed by atoms with Gasteiger partial charge < -0.3 is 15.5 Å². The lowest BCUT2D eigenvalue weighted by molar-refractivity contribution is -0.127. The summed E-state index contributed by atoms with van der Waals surface area (Å²) in [6, 6.07) is 0.802. The third kappa shape index (κ3) is 2.74. The largest absolute Gasteiger partial charge is 0.340 e. The summed E-state index contributed by atoms with van der Waals surface area (Å²) >= 11 is 0. The molecule has 2 fully saturated rings. The van der Waals surface area contributed by atoms with Crippen LogP contribution in [0.25, 0.3) is 0 Å². The molecule has 4 heteroatoms. The number of hydrogen-bond acceptors (Lipinski definition) is 3. The van der Waals surface area contributed by atoms with E-state index in [1.807, 2.05) is 4.90 Å². The molecule has 1 amide bonds. The molecular weight excluding hydrogens is 202 g/mol. The van der Waals surface area contributed by atoms with Gasteiger partial charge in [-0.25, -0.2) is 0 Å². The third-order valence-electron chi connectivity index (χ3n) is 3.92. The Kier molecular flexibility index (Phi) is 3.82. The zero-order valence-electron chi connectivity index (χ0n) is 10.2. The zero-order chi connectivity index (χ0) is 11.5.